The van der Waals surface area contributed by atoms with Crippen LogP contribution in [0.3, 0.4) is 0 Å². The van der Waals surface area contributed by atoms with Crippen LogP contribution in [0.4, 0.5) is 5.82 Å². The first-order valence-electron chi connectivity index (χ1n) is 12.6. The van der Waals surface area contributed by atoms with E-state index in [0.717, 1.165) is 11.3 Å². The maximum Gasteiger partial charge on any atom is 0.240 e. The summed E-state index contributed by atoms with van der Waals surface area (Å²) in [5.74, 6) is 0.484. The molecule has 5 rings (SSSR count). The van der Waals surface area contributed by atoms with Crippen molar-refractivity contribution in [1.82, 2.24) is 30.2 Å². The molecule has 2 aromatic heterocycles. The highest BCUT2D eigenvalue weighted by atomic mass is 35.5. The van der Waals surface area contributed by atoms with Gasteiger partial charge in [0.1, 0.15) is 17.7 Å². The van der Waals surface area contributed by atoms with Gasteiger partial charge in [-0.1, -0.05) is 42.3 Å². The Bertz CT molecular complexity index is 1510. The average molecular weight is 567 g/mol. The van der Waals surface area contributed by atoms with E-state index >= 15 is 0 Å². The molecule has 0 radical (unpaired) electrons. The van der Waals surface area contributed by atoms with E-state index in [-0.39, 0.29) is 12.5 Å². The Hall–Kier alpha value is -3.73. The minimum Gasteiger partial charge on any atom is -0.368 e. The standard InChI is InChI=1S/C27H28Cl2N8O2/c1-2-34-27(26(39)31-15-21(30)38)11-13-36(14-12-27)24-22-25(33-16-32-24)37(18-9-7-17(28)8-10-18)23(35-22)19-5-3-4-6-20(19)29/h3-10,16,34H,2,11-15H2,1H3,(H2,30,38)(H,31,39). The number of halogens is 2. The van der Waals surface area contributed by atoms with Crippen LogP contribution in [-0.4, -0.2) is 63.1 Å². The Kier molecular flexibility index (Phi) is 7.69. The highest BCUT2D eigenvalue weighted by Crippen LogP contribution is 2.36. The fourth-order valence-corrected chi connectivity index (χ4v) is 5.38. The Morgan fingerprint density at radius 1 is 1.05 bits per heavy atom. The SMILES string of the molecule is CCNC1(C(=O)NCC(N)=O)CCN(c2ncnc3c2nc(-c2ccccc2Cl)n3-c2ccc(Cl)cc2)CC1. The van der Waals surface area contributed by atoms with Crippen LogP contribution in [0.5, 0.6) is 0 Å². The highest BCUT2D eigenvalue weighted by Gasteiger charge is 2.41. The summed E-state index contributed by atoms with van der Waals surface area (Å²) in [6.07, 6.45) is 2.53. The van der Waals surface area contributed by atoms with Gasteiger partial charge in [0.2, 0.25) is 11.8 Å². The molecule has 202 valence electrons. The van der Waals surface area contributed by atoms with Gasteiger partial charge in [-0.05, 0) is 55.8 Å². The Labute approximate surface area is 235 Å². The van der Waals surface area contributed by atoms with Gasteiger partial charge in [0, 0.05) is 29.4 Å². The largest absolute Gasteiger partial charge is 0.368 e. The van der Waals surface area contributed by atoms with Gasteiger partial charge < -0.3 is 21.3 Å². The van der Waals surface area contributed by atoms with E-state index in [1.54, 1.807) is 0 Å². The number of hydrogen-bond acceptors (Lipinski definition) is 7. The normalized spacial score (nSPS) is 14.9. The summed E-state index contributed by atoms with van der Waals surface area (Å²) in [7, 11) is 0. The number of nitrogens with one attached hydrogen (secondary N) is 2. The van der Waals surface area contributed by atoms with Gasteiger partial charge in [0.05, 0.1) is 11.6 Å². The van der Waals surface area contributed by atoms with E-state index in [1.807, 2.05) is 60.0 Å². The monoisotopic (exact) mass is 566 g/mol. The molecule has 1 aliphatic rings. The van der Waals surface area contributed by atoms with E-state index in [4.69, 9.17) is 33.9 Å². The van der Waals surface area contributed by atoms with Crippen molar-refractivity contribution in [3.05, 3.63) is 64.9 Å². The lowest BCUT2D eigenvalue weighted by atomic mass is 9.86. The number of amides is 2. The van der Waals surface area contributed by atoms with E-state index in [1.165, 1.54) is 6.33 Å². The first-order valence-corrected chi connectivity index (χ1v) is 13.4. The number of benzene rings is 2. The Morgan fingerprint density at radius 2 is 1.77 bits per heavy atom. The third-order valence-corrected chi connectivity index (χ3v) is 7.50. The summed E-state index contributed by atoms with van der Waals surface area (Å²) in [4.78, 5) is 40.6. The Balaban J connectivity index is 1.54. The first-order chi connectivity index (χ1) is 18.8. The van der Waals surface area contributed by atoms with Crippen molar-refractivity contribution in [2.75, 3.05) is 31.1 Å². The number of rotatable bonds is 8. The molecular formula is C27H28Cl2N8O2. The fourth-order valence-electron chi connectivity index (χ4n) is 5.03. The molecule has 2 amide bonds. The summed E-state index contributed by atoms with van der Waals surface area (Å²) in [6.45, 7) is 3.43. The number of hydrogen-bond donors (Lipinski definition) is 3. The second kappa shape index (κ2) is 11.2. The van der Waals surface area contributed by atoms with E-state index in [9.17, 15) is 9.59 Å². The summed E-state index contributed by atoms with van der Waals surface area (Å²) in [5, 5.41) is 7.17. The summed E-state index contributed by atoms with van der Waals surface area (Å²) in [5.41, 5.74) is 7.26. The molecule has 0 spiro atoms. The zero-order chi connectivity index (χ0) is 27.6. The third kappa shape index (κ3) is 5.27. The van der Waals surface area contributed by atoms with Crippen LogP contribution in [0.25, 0.3) is 28.2 Å². The zero-order valence-electron chi connectivity index (χ0n) is 21.3. The number of anilines is 1. The molecule has 0 saturated carbocycles. The number of likely N-dealkylation sites (N-methyl/N-ethyl adjacent to an activating group) is 1. The van der Waals surface area contributed by atoms with Crippen LogP contribution in [0.1, 0.15) is 19.8 Å². The van der Waals surface area contributed by atoms with E-state index in [0.29, 0.717) is 65.3 Å². The molecule has 10 nitrogen and oxygen atoms in total. The number of fused-ring (bicyclic) bond motifs is 1. The van der Waals surface area contributed by atoms with Crippen molar-refractivity contribution in [2.24, 2.45) is 5.73 Å². The van der Waals surface area contributed by atoms with Crippen LogP contribution in [0.15, 0.2) is 54.9 Å². The van der Waals surface area contributed by atoms with Crippen molar-refractivity contribution in [3.8, 4) is 17.1 Å². The number of primary amides is 1. The van der Waals surface area contributed by atoms with Crippen LogP contribution in [-0.2, 0) is 9.59 Å². The fraction of sp³-hybridized carbons (Fsp3) is 0.296. The highest BCUT2D eigenvalue weighted by molar-refractivity contribution is 6.33. The third-order valence-electron chi connectivity index (χ3n) is 6.91. The van der Waals surface area contributed by atoms with Gasteiger partial charge >= 0.3 is 0 Å². The lowest BCUT2D eigenvalue weighted by Crippen LogP contribution is -2.62. The second-order valence-corrected chi connectivity index (χ2v) is 10.2. The topological polar surface area (TPSA) is 131 Å². The minimum atomic E-state index is -0.807. The molecule has 1 aliphatic heterocycles. The Morgan fingerprint density at radius 3 is 2.44 bits per heavy atom. The van der Waals surface area contributed by atoms with Crippen molar-refractivity contribution in [3.63, 3.8) is 0 Å². The average Bonchev–Trinajstić information content (AvgIpc) is 3.32. The van der Waals surface area contributed by atoms with Gasteiger partial charge in [0.25, 0.3) is 0 Å². The van der Waals surface area contributed by atoms with Crippen molar-refractivity contribution >= 4 is 52.0 Å². The predicted octanol–water partition coefficient (Wildman–Crippen LogP) is 3.34. The number of nitrogens with zero attached hydrogens (tertiary/aromatic N) is 5. The smallest absolute Gasteiger partial charge is 0.240 e. The summed E-state index contributed by atoms with van der Waals surface area (Å²) >= 11 is 12.8. The summed E-state index contributed by atoms with van der Waals surface area (Å²) in [6, 6.07) is 15.0. The molecule has 0 atom stereocenters. The zero-order valence-corrected chi connectivity index (χ0v) is 22.8. The van der Waals surface area contributed by atoms with E-state index < -0.39 is 11.4 Å². The first kappa shape index (κ1) is 26.9. The van der Waals surface area contributed by atoms with Crippen molar-refractivity contribution in [1.29, 1.82) is 0 Å². The van der Waals surface area contributed by atoms with Crippen LogP contribution < -0.4 is 21.3 Å². The molecule has 39 heavy (non-hydrogen) atoms. The van der Waals surface area contributed by atoms with E-state index in [2.05, 4.69) is 25.5 Å². The lowest BCUT2D eigenvalue weighted by molar-refractivity contribution is -0.130. The molecule has 0 aliphatic carbocycles. The van der Waals surface area contributed by atoms with Gasteiger partial charge in [-0.2, -0.15) is 0 Å². The maximum atomic E-state index is 13.0. The predicted molar refractivity (Wildman–Crippen MR) is 152 cm³/mol. The lowest BCUT2D eigenvalue weighted by Gasteiger charge is -2.41. The minimum absolute atomic E-state index is 0.199. The molecular weight excluding hydrogens is 539 g/mol. The molecule has 2 aromatic carbocycles. The molecule has 1 fully saturated rings. The molecule has 4 aromatic rings. The number of nitrogens with two attached hydrogens (primary N) is 1. The van der Waals surface area contributed by atoms with Crippen LogP contribution >= 0.6 is 23.2 Å². The van der Waals surface area contributed by atoms with Crippen molar-refractivity contribution in [2.45, 2.75) is 25.3 Å². The number of aromatic nitrogens is 4. The molecule has 0 unspecified atom stereocenters. The molecule has 3 heterocycles. The number of carbonyl (C=O) groups is 2. The molecule has 0 bridgehead atoms. The molecule has 4 N–H and O–H groups in total. The van der Waals surface area contributed by atoms with Gasteiger partial charge in [-0.25, -0.2) is 15.0 Å². The van der Waals surface area contributed by atoms with Gasteiger partial charge in [0.15, 0.2) is 17.0 Å². The maximum absolute atomic E-state index is 13.0. The number of piperidine rings is 1. The quantitative estimate of drug-likeness (QED) is 0.298. The van der Waals surface area contributed by atoms with Gasteiger partial charge in [-0.15, -0.1) is 0 Å². The van der Waals surface area contributed by atoms with Crippen molar-refractivity contribution < 1.29 is 9.59 Å². The summed E-state index contributed by atoms with van der Waals surface area (Å²) < 4.78 is 1.95. The second-order valence-electron chi connectivity index (χ2n) is 9.35. The van der Waals surface area contributed by atoms with Gasteiger partial charge in [-0.3, -0.25) is 14.2 Å². The van der Waals surface area contributed by atoms with Crippen LogP contribution in [0, 0.1) is 0 Å². The number of imidazole rings is 1. The van der Waals surface area contributed by atoms with Crippen LogP contribution in [0.2, 0.25) is 10.0 Å². The molecule has 1 saturated heterocycles. The number of carbonyl (C=O) groups excluding carboxylic acids is 2. The molecule has 12 heteroatoms.